The number of fused-ring (bicyclic) bond motifs is 1. The highest BCUT2D eigenvalue weighted by molar-refractivity contribution is 5.91. The minimum Gasteiger partial charge on any atom is -0.346 e. The summed E-state index contributed by atoms with van der Waals surface area (Å²) in [7, 11) is 0. The highest BCUT2D eigenvalue weighted by atomic mass is 14.9. The summed E-state index contributed by atoms with van der Waals surface area (Å²) in [5.41, 5.74) is 3.93. The van der Waals surface area contributed by atoms with Crippen LogP contribution in [-0.2, 0) is 0 Å². The van der Waals surface area contributed by atoms with E-state index in [0.29, 0.717) is 17.2 Å². The van der Waals surface area contributed by atoms with Crippen molar-refractivity contribution in [3.8, 4) is 17.3 Å². The smallest absolute Gasteiger partial charge is 0.141 e. The van der Waals surface area contributed by atoms with Crippen molar-refractivity contribution in [3.05, 3.63) is 48.7 Å². The van der Waals surface area contributed by atoms with E-state index in [4.69, 9.17) is 0 Å². The van der Waals surface area contributed by atoms with Gasteiger partial charge in [-0.25, -0.2) is 9.97 Å². The molecule has 0 aliphatic heterocycles. The first-order chi connectivity index (χ1) is 10.8. The molecule has 3 aromatic heterocycles. The van der Waals surface area contributed by atoms with E-state index in [1.54, 1.807) is 12.5 Å². The fourth-order valence-electron chi connectivity index (χ4n) is 2.51. The van der Waals surface area contributed by atoms with Crippen LogP contribution in [0.15, 0.2) is 43.0 Å². The Labute approximate surface area is 127 Å². The van der Waals surface area contributed by atoms with E-state index in [-0.39, 0.29) is 0 Å². The maximum Gasteiger partial charge on any atom is 0.141 e. The van der Waals surface area contributed by atoms with Gasteiger partial charge in [0.15, 0.2) is 0 Å². The van der Waals surface area contributed by atoms with Gasteiger partial charge in [0, 0.05) is 23.3 Å². The van der Waals surface area contributed by atoms with Crippen LogP contribution in [0.5, 0.6) is 0 Å². The van der Waals surface area contributed by atoms with Gasteiger partial charge < -0.3 is 4.98 Å². The molecule has 0 spiro atoms. The molecular formula is C17H13N5. The maximum absolute atomic E-state index is 9.37. The van der Waals surface area contributed by atoms with E-state index in [2.05, 4.69) is 26.0 Å². The first kappa shape index (κ1) is 12.7. The second kappa shape index (κ2) is 5.08. The van der Waals surface area contributed by atoms with Crippen LogP contribution in [0.1, 0.15) is 18.5 Å². The molecule has 3 aromatic rings. The number of hydrogen-bond donors (Lipinski definition) is 1. The van der Waals surface area contributed by atoms with Gasteiger partial charge in [0.25, 0.3) is 0 Å². The summed E-state index contributed by atoms with van der Waals surface area (Å²) < 4.78 is 0. The number of allylic oxidation sites excluding steroid dienone is 2. The third kappa shape index (κ3) is 2.25. The number of hydrogen-bond acceptors (Lipinski definition) is 4. The predicted molar refractivity (Wildman–Crippen MR) is 83.4 cm³/mol. The standard InChI is InChI=1S/C17H13N5/c18-9-13(7-11-1-2-11)15-8-12(3-5-19-15)16-14-4-6-20-17(14)22-10-21-16/h3-8,10-11H,1-2H2,(H,20,21,22)/b13-7+. The molecule has 0 atom stereocenters. The Hall–Kier alpha value is -3.00. The summed E-state index contributed by atoms with van der Waals surface area (Å²) in [6, 6.07) is 8.04. The molecule has 1 fully saturated rings. The summed E-state index contributed by atoms with van der Waals surface area (Å²) in [6.45, 7) is 0. The zero-order valence-electron chi connectivity index (χ0n) is 11.8. The molecule has 106 valence electrons. The zero-order chi connectivity index (χ0) is 14.9. The molecule has 0 unspecified atom stereocenters. The highest BCUT2D eigenvalue weighted by Gasteiger charge is 2.20. The lowest BCUT2D eigenvalue weighted by Crippen LogP contribution is -1.92. The number of nitrogens with zero attached hydrogens (tertiary/aromatic N) is 4. The van der Waals surface area contributed by atoms with Gasteiger partial charge in [-0.1, -0.05) is 6.08 Å². The quantitative estimate of drug-likeness (QED) is 0.749. The minimum atomic E-state index is 0.538. The van der Waals surface area contributed by atoms with Crippen LogP contribution in [0, 0.1) is 17.2 Å². The van der Waals surface area contributed by atoms with Crippen molar-refractivity contribution in [2.75, 3.05) is 0 Å². The number of aromatic amines is 1. The van der Waals surface area contributed by atoms with Gasteiger partial charge in [0.1, 0.15) is 18.0 Å². The maximum atomic E-state index is 9.37. The van der Waals surface area contributed by atoms with Crippen molar-refractivity contribution < 1.29 is 0 Å². The van der Waals surface area contributed by atoms with Gasteiger partial charge in [-0.3, -0.25) is 4.98 Å². The van der Waals surface area contributed by atoms with Gasteiger partial charge in [-0.15, -0.1) is 0 Å². The minimum absolute atomic E-state index is 0.538. The molecule has 0 amide bonds. The lowest BCUT2D eigenvalue weighted by molar-refractivity contribution is 1.12. The molecule has 4 rings (SSSR count). The molecule has 0 aromatic carbocycles. The second-order valence-electron chi connectivity index (χ2n) is 5.42. The Morgan fingerprint density at radius 1 is 1.27 bits per heavy atom. The van der Waals surface area contributed by atoms with Crippen molar-refractivity contribution in [1.29, 1.82) is 5.26 Å². The van der Waals surface area contributed by atoms with Crippen LogP contribution < -0.4 is 0 Å². The van der Waals surface area contributed by atoms with Crippen LogP contribution in [-0.4, -0.2) is 19.9 Å². The molecule has 5 nitrogen and oxygen atoms in total. The van der Waals surface area contributed by atoms with Crippen molar-refractivity contribution in [2.45, 2.75) is 12.8 Å². The van der Waals surface area contributed by atoms with Crippen LogP contribution >= 0.6 is 0 Å². The Balaban J connectivity index is 1.82. The molecule has 1 saturated carbocycles. The first-order valence-electron chi connectivity index (χ1n) is 7.22. The average Bonchev–Trinajstić information content (AvgIpc) is 3.25. The lowest BCUT2D eigenvalue weighted by Gasteiger charge is -2.04. The Kier molecular flexibility index (Phi) is 2.94. The Morgan fingerprint density at radius 2 is 2.18 bits per heavy atom. The molecular weight excluding hydrogens is 274 g/mol. The first-order valence-corrected chi connectivity index (χ1v) is 7.22. The average molecular weight is 287 g/mol. The number of H-pyrrole nitrogens is 1. The SMILES string of the molecule is N#C/C(=C\C1CC1)c1cc(-c2ncnc3[nH]ccc23)ccn1. The molecule has 3 heterocycles. The number of nitriles is 1. The predicted octanol–water partition coefficient (Wildman–Crippen LogP) is 3.34. The van der Waals surface area contributed by atoms with E-state index >= 15 is 0 Å². The van der Waals surface area contributed by atoms with E-state index in [1.807, 2.05) is 30.5 Å². The fourth-order valence-corrected chi connectivity index (χ4v) is 2.51. The monoisotopic (exact) mass is 287 g/mol. The van der Waals surface area contributed by atoms with Crippen LogP contribution in [0.25, 0.3) is 27.9 Å². The lowest BCUT2D eigenvalue weighted by atomic mass is 10.1. The summed E-state index contributed by atoms with van der Waals surface area (Å²) in [4.78, 5) is 16.0. The van der Waals surface area contributed by atoms with Crippen molar-refractivity contribution >= 4 is 16.6 Å². The molecule has 1 aliphatic carbocycles. The van der Waals surface area contributed by atoms with Gasteiger partial charge in [-0.2, -0.15) is 5.26 Å². The van der Waals surface area contributed by atoms with Gasteiger partial charge in [0.05, 0.1) is 17.0 Å². The Morgan fingerprint density at radius 3 is 3.00 bits per heavy atom. The third-order valence-electron chi connectivity index (χ3n) is 3.81. The third-order valence-corrected chi connectivity index (χ3v) is 3.81. The van der Waals surface area contributed by atoms with Crippen LogP contribution in [0.2, 0.25) is 0 Å². The van der Waals surface area contributed by atoms with E-state index < -0.39 is 0 Å². The van der Waals surface area contributed by atoms with Gasteiger partial charge >= 0.3 is 0 Å². The molecule has 1 aliphatic rings. The number of nitrogens with one attached hydrogen (secondary N) is 1. The van der Waals surface area contributed by atoms with Crippen molar-refractivity contribution in [2.24, 2.45) is 5.92 Å². The fraction of sp³-hybridized carbons (Fsp3) is 0.176. The molecule has 1 N–H and O–H groups in total. The van der Waals surface area contributed by atoms with Crippen molar-refractivity contribution in [3.63, 3.8) is 0 Å². The highest BCUT2D eigenvalue weighted by Crippen LogP contribution is 2.33. The van der Waals surface area contributed by atoms with Gasteiger partial charge in [-0.05, 0) is 37.0 Å². The molecule has 5 heteroatoms. The summed E-state index contributed by atoms with van der Waals surface area (Å²) in [6.07, 6.45) is 9.47. The topological polar surface area (TPSA) is 78.2 Å². The molecule has 0 saturated heterocycles. The van der Waals surface area contributed by atoms with E-state index in [0.717, 1.165) is 22.3 Å². The van der Waals surface area contributed by atoms with E-state index in [1.165, 1.54) is 12.8 Å². The second-order valence-corrected chi connectivity index (χ2v) is 5.42. The number of pyridine rings is 1. The largest absolute Gasteiger partial charge is 0.346 e. The molecule has 22 heavy (non-hydrogen) atoms. The zero-order valence-corrected chi connectivity index (χ0v) is 11.8. The summed E-state index contributed by atoms with van der Waals surface area (Å²) in [5, 5.41) is 10.3. The Bertz CT molecular complexity index is 912. The van der Waals surface area contributed by atoms with Crippen molar-refractivity contribution in [1.82, 2.24) is 19.9 Å². The number of aromatic nitrogens is 4. The van der Waals surface area contributed by atoms with Gasteiger partial charge in [0.2, 0.25) is 0 Å². The summed E-state index contributed by atoms with van der Waals surface area (Å²) >= 11 is 0. The molecule has 0 radical (unpaired) electrons. The van der Waals surface area contributed by atoms with Crippen LogP contribution in [0.4, 0.5) is 0 Å². The summed E-state index contributed by atoms with van der Waals surface area (Å²) in [5.74, 6) is 0.538. The van der Waals surface area contributed by atoms with Crippen LogP contribution in [0.3, 0.4) is 0 Å². The number of rotatable bonds is 3. The van der Waals surface area contributed by atoms with E-state index in [9.17, 15) is 5.26 Å². The molecule has 0 bridgehead atoms. The normalized spacial score (nSPS) is 15.0.